The van der Waals surface area contributed by atoms with Crippen LogP contribution >= 0.6 is 0 Å². The first-order valence-electron chi connectivity index (χ1n) is 14.7. The number of unbranched alkanes of at least 4 members (excludes halogenated alkanes) is 13. The van der Waals surface area contributed by atoms with Crippen LogP contribution in [0.1, 0.15) is 135 Å². The minimum atomic E-state index is -0.497. The van der Waals surface area contributed by atoms with Crippen LogP contribution in [0.25, 0.3) is 0 Å². The maximum atomic E-state index is 13.0. The normalized spacial score (nSPS) is 10.7. The Morgan fingerprint density at radius 2 is 0.921 bits per heavy atom. The molecule has 0 aliphatic rings. The highest BCUT2D eigenvalue weighted by Crippen LogP contribution is 2.20. The van der Waals surface area contributed by atoms with E-state index in [-0.39, 0.29) is 23.5 Å². The van der Waals surface area contributed by atoms with Crippen molar-refractivity contribution >= 4 is 29.6 Å². The van der Waals surface area contributed by atoms with Crippen molar-refractivity contribution < 1.29 is 33.4 Å². The van der Waals surface area contributed by atoms with Gasteiger partial charge in [-0.15, -0.1) is 0 Å². The molecule has 218 valence electrons. The maximum Gasteiger partial charge on any atom is 0.305 e. The van der Waals surface area contributed by atoms with E-state index >= 15 is 0 Å². The Bertz CT molecular complexity index is 657. The van der Waals surface area contributed by atoms with Gasteiger partial charge in [0, 0.05) is 25.7 Å². The first kappa shape index (κ1) is 35.7. The van der Waals surface area contributed by atoms with Crippen LogP contribution in [-0.2, 0) is 33.4 Å². The average Bonchev–Trinajstić information content (AvgIpc) is 2.92. The monoisotopic (exact) mass is 537 g/mol. The van der Waals surface area contributed by atoms with E-state index in [2.05, 4.69) is 14.5 Å². The molecule has 0 aromatic carbocycles. The van der Waals surface area contributed by atoms with Crippen LogP contribution in [-0.4, -0.2) is 50.3 Å². The maximum absolute atomic E-state index is 13.0. The van der Waals surface area contributed by atoms with E-state index in [0.29, 0.717) is 38.6 Å². The third-order valence-corrected chi connectivity index (χ3v) is 6.92. The van der Waals surface area contributed by atoms with Crippen molar-refractivity contribution in [2.75, 3.05) is 20.8 Å². The minimum Gasteiger partial charge on any atom is -0.469 e. The summed E-state index contributed by atoms with van der Waals surface area (Å²) in [5, 5.41) is 0. The fourth-order valence-corrected chi connectivity index (χ4v) is 4.54. The molecular formula is C30H51NO7. The summed E-state index contributed by atoms with van der Waals surface area (Å²) in [6.07, 6.45) is 18.7. The standard InChI is InChI=1S/C30H51NO7/c1-37-29(35)22-16-9-5-3-7-14-20-27(33)26(19-13-11-12-18-24-31-25-32)28(34)21-15-8-4-6-10-17-23-30(36)38-2/h26H,3-24H2,1-2H3. The molecule has 0 aliphatic carbocycles. The molecule has 8 heteroatoms. The van der Waals surface area contributed by atoms with Crippen molar-refractivity contribution in [3.63, 3.8) is 0 Å². The van der Waals surface area contributed by atoms with Gasteiger partial charge in [0.25, 0.3) is 0 Å². The van der Waals surface area contributed by atoms with Gasteiger partial charge in [0.15, 0.2) is 0 Å². The molecule has 0 aromatic rings. The number of carbonyl (C=O) groups excluding carboxylic acids is 5. The Kier molecular flexibility index (Phi) is 24.7. The van der Waals surface area contributed by atoms with E-state index in [4.69, 9.17) is 0 Å². The van der Waals surface area contributed by atoms with Crippen LogP contribution in [0, 0.1) is 5.92 Å². The second-order valence-electron chi connectivity index (χ2n) is 10.1. The second kappa shape index (κ2) is 26.3. The van der Waals surface area contributed by atoms with E-state index in [1.54, 1.807) is 6.08 Å². The van der Waals surface area contributed by atoms with Gasteiger partial charge in [0.1, 0.15) is 11.6 Å². The number of ether oxygens (including phenoxy) is 2. The number of aliphatic imine (C=N–C) groups is 1. The Labute approximate surface area is 229 Å². The van der Waals surface area contributed by atoms with Crippen LogP contribution in [0.4, 0.5) is 0 Å². The Hall–Kier alpha value is -2.34. The SMILES string of the molecule is COC(=O)CCCCCCCCC(=O)C(CCCCCCN=C=O)C(=O)CCCCCCCCC(=O)OC. The molecule has 0 aromatic heterocycles. The van der Waals surface area contributed by atoms with Crippen molar-refractivity contribution in [3.05, 3.63) is 0 Å². The zero-order valence-corrected chi connectivity index (χ0v) is 23.9. The fourth-order valence-electron chi connectivity index (χ4n) is 4.54. The number of Topliss-reactive ketones (excluding diaryl/α,β-unsaturated/α-hetero) is 2. The molecule has 0 atom stereocenters. The van der Waals surface area contributed by atoms with Crippen molar-refractivity contribution in [3.8, 4) is 0 Å². The van der Waals surface area contributed by atoms with Crippen LogP contribution < -0.4 is 0 Å². The van der Waals surface area contributed by atoms with E-state index in [0.717, 1.165) is 103 Å². The quantitative estimate of drug-likeness (QED) is 0.0380. The number of rotatable bonds is 27. The van der Waals surface area contributed by atoms with E-state index in [1.807, 2.05) is 0 Å². The number of ketones is 2. The number of carbonyl (C=O) groups is 4. The van der Waals surface area contributed by atoms with Crippen LogP contribution in [0.2, 0.25) is 0 Å². The summed E-state index contributed by atoms with van der Waals surface area (Å²) in [5.74, 6) is -0.681. The molecule has 0 N–H and O–H groups in total. The van der Waals surface area contributed by atoms with Crippen LogP contribution in [0.5, 0.6) is 0 Å². The van der Waals surface area contributed by atoms with E-state index in [9.17, 15) is 24.0 Å². The largest absolute Gasteiger partial charge is 0.469 e. The molecule has 0 radical (unpaired) electrons. The summed E-state index contributed by atoms with van der Waals surface area (Å²) in [7, 11) is 2.81. The van der Waals surface area contributed by atoms with Gasteiger partial charge in [-0.05, 0) is 38.5 Å². The number of nitrogens with zero attached hydrogens (tertiary/aromatic N) is 1. The molecule has 0 unspecified atom stereocenters. The third-order valence-electron chi connectivity index (χ3n) is 6.92. The molecule has 0 spiro atoms. The fraction of sp³-hybridized carbons (Fsp3) is 0.833. The van der Waals surface area contributed by atoms with Crippen molar-refractivity contribution in [1.29, 1.82) is 0 Å². The molecular weight excluding hydrogens is 486 g/mol. The van der Waals surface area contributed by atoms with Crippen molar-refractivity contribution in [2.24, 2.45) is 10.9 Å². The minimum absolute atomic E-state index is 0.0778. The van der Waals surface area contributed by atoms with Gasteiger partial charge in [-0.1, -0.05) is 70.6 Å². The Morgan fingerprint density at radius 3 is 1.34 bits per heavy atom. The molecule has 8 nitrogen and oxygen atoms in total. The zero-order valence-electron chi connectivity index (χ0n) is 23.9. The molecule has 38 heavy (non-hydrogen) atoms. The van der Waals surface area contributed by atoms with Gasteiger partial charge in [-0.3, -0.25) is 19.2 Å². The van der Waals surface area contributed by atoms with E-state index in [1.165, 1.54) is 14.2 Å². The Morgan fingerprint density at radius 1 is 0.553 bits per heavy atom. The number of esters is 2. The molecule has 0 saturated heterocycles. The molecule has 0 heterocycles. The summed E-state index contributed by atoms with van der Waals surface area (Å²) in [6, 6.07) is 0. The van der Waals surface area contributed by atoms with Crippen LogP contribution in [0.3, 0.4) is 0 Å². The highest BCUT2D eigenvalue weighted by atomic mass is 16.5. The van der Waals surface area contributed by atoms with Gasteiger partial charge >= 0.3 is 11.9 Å². The van der Waals surface area contributed by atoms with Gasteiger partial charge in [0.2, 0.25) is 6.08 Å². The highest BCUT2D eigenvalue weighted by molar-refractivity contribution is 6.02. The van der Waals surface area contributed by atoms with Gasteiger partial charge in [-0.2, -0.15) is 0 Å². The smallest absolute Gasteiger partial charge is 0.305 e. The lowest BCUT2D eigenvalue weighted by molar-refractivity contribution is -0.141. The lowest BCUT2D eigenvalue weighted by Crippen LogP contribution is -2.24. The second-order valence-corrected chi connectivity index (χ2v) is 10.1. The van der Waals surface area contributed by atoms with E-state index < -0.39 is 5.92 Å². The van der Waals surface area contributed by atoms with Crippen LogP contribution in [0.15, 0.2) is 4.99 Å². The predicted octanol–water partition coefficient (Wildman–Crippen LogP) is 6.61. The summed E-state index contributed by atoms with van der Waals surface area (Å²) >= 11 is 0. The molecule has 0 bridgehead atoms. The average molecular weight is 538 g/mol. The van der Waals surface area contributed by atoms with Crippen molar-refractivity contribution in [1.82, 2.24) is 0 Å². The van der Waals surface area contributed by atoms with Gasteiger partial charge in [0.05, 0.1) is 26.7 Å². The Balaban J connectivity index is 4.32. The summed E-state index contributed by atoms with van der Waals surface area (Å²) < 4.78 is 9.29. The zero-order chi connectivity index (χ0) is 28.3. The first-order chi connectivity index (χ1) is 18.5. The summed E-state index contributed by atoms with van der Waals surface area (Å²) in [6.45, 7) is 0.482. The number of hydrogen-bond donors (Lipinski definition) is 0. The van der Waals surface area contributed by atoms with Crippen molar-refractivity contribution in [2.45, 2.75) is 135 Å². The first-order valence-corrected chi connectivity index (χ1v) is 14.7. The molecule has 0 rings (SSSR count). The van der Waals surface area contributed by atoms with Gasteiger partial charge in [-0.25, -0.2) is 9.79 Å². The molecule has 0 amide bonds. The third kappa shape index (κ3) is 21.7. The van der Waals surface area contributed by atoms with Gasteiger partial charge < -0.3 is 9.47 Å². The number of hydrogen-bond acceptors (Lipinski definition) is 8. The molecule has 0 fully saturated rings. The predicted molar refractivity (Wildman–Crippen MR) is 147 cm³/mol. The topological polar surface area (TPSA) is 116 Å². The lowest BCUT2D eigenvalue weighted by Gasteiger charge is -2.15. The number of isocyanates is 1. The molecule has 0 saturated carbocycles. The number of methoxy groups -OCH3 is 2. The summed E-state index contributed by atoms with van der Waals surface area (Å²) in [4.78, 5) is 61.9. The lowest BCUT2D eigenvalue weighted by atomic mass is 9.87. The highest BCUT2D eigenvalue weighted by Gasteiger charge is 2.24. The summed E-state index contributed by atoms with van der Waals surface area (Å²) in [5.41, 5.74) is 0. The molecule has 0 aliphatic heterocycles.